The summed E-state index contributed by atoms with van der Waals surface area (Å²) in [5.74, 6) is 1.91. The van der Waals surface area contributed by atoms with Crippen LogP contribution in [0.1, 0.15) is 35.4 Å². The third kappa shape index (κ3) is 3.85. The number of anilines is 1. The molecular weight excluding hydrogens is 440 g/mol. The number of aromatic nitrogens is 4. The molecule has 2 fully saturated rings. The molecule has 3 aromatic rings. The van der Waals surface area contributed by atoms with Gasteiger partial charge in [0.2, 0.25) is 5.91 Å². The van der Waals surface area contributed by atoms with Gasteiger partial charge in [0.1, 0.15) is 18.0 Å². The maximum Gasteiger partial charge on any atom is 0.232 e. The van der Waals surface area contributed by atoms with E-state index in [1.165, 1.54) is 11.1 Å². The van der Waals surface area contributed by atoms with Crippen LogP contribution in [0.5, 0.6) is 0 Å². The summed E-state index contributed by atoms with van der Waals surface area (Å²) in [5, 5.41) is 8.32. The first-order valence-corrected chi connectivity index (χ1v) is 12.4. The van der Waals surface area contributed by atoms with Crippen LogP contribution >= 0.6 is 0 Å². The van der Waals surface area contributed by atoms with Crippen molar-refractivity contribution in [2.24, 2.45) is 7.05 Å². The van der Waals surface area contributed by atoms with Crippen molar-refractivity contribution in [3.63, 3.8) is 0 Å². The van der Waals surface area contributed by atoms with Gasteiger partial charge in [0.05, 0.1) is 19.6 Å². The van der Waals surface area contributed by atoms with E-state index in [4.69, 9.17) is 4.74 Å². The highest BCUT2D eigenvalue weighted by Gasteiger charge is 2.47. The SMILES string of the molecule is CN1CCC2(CC1)CN(C(=O)Cc1cccc(C3(Cc4nncn4C)COC3)c1)c1ncccc12. The molecule has 3 aliphatic heterocycles. The van der Waals surface area contributed by atoms with E-state index in [0.29, 0.717) is 19.6 Å². The van der Waals surface area contributed by atoms with Gasteiger partial charge in [-0.1, -0.05) is 30.3 Å². The second kappa shape index (κ2) is 8.53. The Labute approximate surface area is 205 Å². The number of carbonyl (C=O) groups excluding carboxylic acids is 1. The first-order chi connectivity index (χ1) is 17.0. The minimum Gasteiger partial charge on any atom is -0.379 e. The Balaban J connectivity index is 1.23. The number of amides is 1. The summed E-state index contributed by atoms with van der Waals surface area (Å²) in [6, 6.07) is 12.6. The minimum absolute atomic E-state index is 0.0248. The molecule has 0 aliphatic carbocycles. The van der Waals surface area contributed by atoms with Crippen molar-refractivity contribution in [1.82, 2.24) is 24.6 Å². The molecule has 182 valence electrons. The Morgan fingerprint density at radius 1 is 1.11 bits per heavy atom. The van der Waals surface area contributed by atoms with Crippen LogP contribution in [-0.2, 0) is 40.3 Å². The highest BCUT2D eigenvalue weighted by Crippen LogP contribution is 2.46. The quantitative estimate of drug-likeness (QED) is 0.567. The molecule has 8 heteroatoms. The number of likely N-dealkylation sites (tertiary alicyclic amines) is 1. The van der Waals surface area contributed by atoms with Gasteiger partial charge in [-0.05, 0) is 50.2 Å². The fourth-order valence-electron chi connectivity index (χ4n) is 5.94. The standard InChI is InChI=1S/C27H32N6O2/c1-31-11-8-26(9-12-31)16-33(25-22(26)7-4-10-28-25)24(34)14-20-5-3-6-21(13-20)27(17-35-18-27)15-23-30-29-19-32(23)2/h3-7,10,13,19H,8-9,11-12,14-18H2,1-2H3. The van der Waals surface area contributed by atoms with Crippen LogP contribution in [0, 0.1) is 0 Å². The Kier molecular flexibility index (Phi) is 5.45. The Morgan fingerprint density at radius 2 is 1.94 bits per heavy atom. The molecule has 5 heterocycles. The number of piperidine rings is 1. The number of ether oxygens (including phenoxy) is 1. The van der Waals surface area contributed by atoms with Crippen molar-refractivity contribution in [2.45, 2.75) is 36.5 Å². The number of hydrogen-bond donors (Lipinski definition) is 0. The molecule has 0 radical (unpaired) electrons. The van der Waals surface area contributed by atoms with Gasteiger partial charge in [0.15, 0.2) is 0 Å². The third-order valence-corrected chi connectivity index (χ3v) is 8.27. The number of fused-ring (bicyclic) bond motifs is 2. The van der Waals surface area contributed by atoms with Crippen LogP contribution < -0.4 is 4.90 Å². The number of benzene rings is 1. The number of nitrogens with zero attached hydrogens (tertiary/aromatic N) is 6. The molecule has 1 aromatic carbocycles. The first kappa shape index (κ1) is 22.4. The highest BCUT2D eigenvalue weighted by atomic mass is 16.5. The lowest BCUT2D eigenvalue weighted by Gasteiger charge is -2.42. The van der Waals surface area contributed by atoms with Crippen molar-refractivity contribution in [1.29, 1.82) is 0 Å². The zero-order valence-corrected chi connectivity index (χ0v) is 20.5. The molecular formula is C27H32N6O2. The average Bonchev–Trinajstić information content (AvgIpc) is 3.39. The maximum atomic E-state index is 13.6. The fraction of sp³-hybridized carbons (Fsp3) is 0.481. The van der Waals surface area contributed by atoms with E-state index in [9.17, 15) is 4.79 Å². The number of aryl methyl sites for hydroxylation is 1. The van der Waals surface area contributed by atoms with E-state index < -0.39 is 0 Å². The molecule has 0 bridgehead atoms. The topological polar surface area (TPSA) is 76.4 Å². The molecule has 0 saturated carbocycles. The summed E-state index contributed by atoms with van der Waals surface area (Å²) in [6.07, 6.45) is 6.79. The van der Waals surface area contributed by atoms with Crippen molar-refractivity contribution < 1.29 is 9.53 Å². The van der Waals surface area contributed by atoms with Crippen molar-refractivity contribution in [2.75, 3.05) is 44.8 Å². The van der Waals surface area contributed by atoms with E-state index in [2.05, 4.69) is 57.5 Å². The second-order valence-electron chi connectivity index (χ2n) is 10.6. The van der Waals surface area contributed by atoms with Gasteiger partial charge in [-0.25, -0.2) is 4.98 Å². The highest BCUT2D eigenvalue weighted by molar-refractivity contribution is 5.96. The number of rotatable bonds is 5. The Hall–Kier alpha value is -3.10. The largest absolute Gasteiger partial charge is 0.379 e. The van der Waals surface area contributed by atoms with E-state index in [1.54, 1.807) is 12.5 Å². The summed E-state index contributed by atoms with van der Waals surface area (Å²) in [7, 11) is 4.14. The van der Waals surface area contributed by atoms with Crippen molar-refractivity contribution in [3.05, 3.63) is 71.4 Å². The van der Waals surface area contributed by atoms with Crippen LogP contribution in [0.3, 0.4) is 0 Å². The van der Waals surface area contributed by atoms with E-state index >= 15 is 0 Å². The number of hydrogen-bond acceptors (Lipinski definition) is 6. The Bertz CT molecular complexity index is 1240. The molecule has 1 spiro atoms. The summed E-state index contributed by atoms with van der Waals surface area (Å²) in [5.41, 5.74) is 3.36. The molecule has 1 amide bonds. The van der Waals surface area contributed by atoms with Crippen LogP contribution in [0.2, 0.25) is 0 Å². The van der Waals surface area contributed by atoms with E-state index in [1.807, 2.05) is 22.6 Å². The average molecular weight is 473 g/mol. The monoisotopic (exact) mass is 472 g/mol. The molecule has 2 saturated heterocycles. The van der Waals surface area contributed by atoms with Crippen molar-refractivity contribution in [3.8, 4) is 0 Å². The normalized spacial score (nSPS) is 20.6. The zero-order chi connectivity index (χ0) is 24.0. The molecule has 8 nitrogen and oxygen atoms in total. The van der Waals surface area contributed by atoms with Crippen LogP contribution in [0.4, 0.5) is 5.82 Å². The zero-order valence-electron chi connectivity index (χ0n) is 20.5. The van der Waals surface area contributed by atoms with Crippen molar-refractivity contribution >= 4 is 11.7 Å². The smallest absolute Gasteiger partial charge is 0.232 e. The van der Waals surface area contributed by atoms with Gasteiger partial charge in [-0.3, -0.25) is 9.69 Å². The first-order valence-electron chi connectivity index (χ1n) is 12.4. The molecule has 6 rings (SSSR count). The second-order valence-corrected chi connectivity index (χ2v) is 10.6. The van der Waals surface area contributed by atoms with Gasteiger partial charge in [-0.15, -0.1) is 10.2 Å². The summed E-state index contributed by atoms with van der Waals surface area (Å²) < 4.78 is 7.61. The maximum absolute atomic E-state index is 13.6. The number of carbonyl (C=O) groups is 1. The minimum atomic E-state index is -0.125. The summed E-state index contributed by atoms with van der Waals surface area (Å²) in [4.78, 5) is 22.6. The predicted octanol–water partition coefficient (Wildman–Crippen LogP) is 2.27. The predicted molar refractivity (Wildman–Crippen MR) is 132 cm³/mol. The van der Waals surface area contributed by atoms with Gasteiger partial charge >= 0.3 is 0 Å². The molecule has 0 atom stereocenters. The van der Waals surface area contributed by atoms with Gasteiger partial charge in [0.25, 0.3) is 0 Å². The molecule has 0 unspecified atom stereocenters. The van der Waals surface area contributed by atoms with Gasteiger partial charge in [0, 0.05) is 42.6 Å². The Morgan fingerprint density at radius 3 is 2.66 bits per heavy atom. The van der Waals surface area contributed by atoms with E-state index in [-0.39, 0.29) is 16.7 Å². The lowest BCUT2D eigenvalue weighted by atomic mass is 9.75. The summed E-state index contributed by atoms with van der Waals surface area (Å²) >= 11 is 0. The molecule has 2 aromatic heterocycles. The van der Waals surface area contributed by atoms with Crippen LogP contribution in [-0.4, -0.2) is 70.5 Å². The third-order valence-electron chi connectivity index (χ3n) is 8.27. The van der Waals surface area contributed by atoms with Gasteiger partial charge < -0.3 is 14.2 Å². The van der Waals surface area contributed by atoms with Crippen LogP contribution in [0.25, 0.3) is 0 Å². The van der Waals surface area contributed by atoms with E-state index in [0.717, 1.165) is 56.1 Å². The molecule has 3 aliphatic rings. The number of pyridine rings is 1. The lowest BCUT2D eigenvalue weighted by Crippen LogP contribution is -2.49. The van der Waals surface area contributed by atoms with Gasteiger partial charge in [-0.2, -0.15) is 0 Å². The molecule has 35 heavy (non-hydrogen) atoms. The molecule has 0 N–H and O–H groups in total. The van der Waals surface area contributed by atoms with Crippen LogP contribution in [0.15, 0.2) is 48.9 Å². The fourth-order valence-corrected chi connectivity index (χ4v) is 5.94. The summed E-state index contributed by atoms with van der Waals surface area (Å²) in [6.45, 7) is 4.13. The lowest BCUT2D eigenvalue weighted by molar-refractivity contribution is -0.118.